The van der Waals surface area contributed by atoms with Crippen molar-refractivity contribution < 1.29 is 17.9 Å². The van der Waals surface area contributed by atoms with Gasteiger partial charge in [0.25, 0.3) is 0 Å². The maximum Gasteiger partial charge on any atom is 0.433 e. The predicted octanol–water partition coefficient (Wildman–Crippen LogP) is 5.08. The van der Waals surface area contributed by atoms with Crippen LogP contribution in [-0.4, -0.2) is 41.8 Å². The number of halogens is 3. The van der Waals surface area contributed by atoms with Crippen molar-refractivity contribution in [2.24, 2.45) is 5.92 Å². The second kappa shape index (κ2) is 9.12. The van der Waals surface area contributed by atoms with Gasteiger partial charge in [0.2, 0.25) is 5.95 Å². The predicted molar refractivity (Wildman–Crippen MR) is 117 cm³/mol. The summed E-state index contributed by atoms with van der Waals surface area (Å²) in [7, 11) is 1.72. The third kappa shape index (κ3) is 5.16. The second-order valence-corrected chi connectivity index (χ2v) is 7.93. The van der Waals surface area contributed by atoms with Crippen LogP contribution in [-0.2, 0) is 10.9 Å². The number of benzene rings is 1. The summed E-state index contributed by atoms with van der Waals surface area (Å²) in [6.45, 7) is 4.50. The number of anilines is 3. The van der Waals surface area contributed by atoms with Gasteiger partial charge in [-0.25, -0.2) is 15.0 Å². The normalized spacial score (nSPS) is 16.4. The van der Waals surface area contributed by atoms with Gasteiger partial charge in [0.15, 0.2) is 0 Å². The van der Waals surface area contributed by atoms with Crippen molar-refractivity contribution in [2.45, 2.75) is 19.5 Å². The summed E-state index contributed by atoms with van der Waals surface area (Å²) in [5.41, 5.74) is 2.48. The average molecular weight is 443 g/mol. The molecule has 1 aliphatic heterocycles. The lowest BCUT2D eigenvalue weighted by molar-refractivity contribution is -0.141. The van der Waals surface area contributed by atoms with E-state index in [2.05, 4.69) is 25.2 Å². The van der Waals surface area contributed by atoms with Gasteiger partial charge in [0.05, 0.1) is 6.61 Å². The van der Waals surface area contributed by atoms with Crippen LogP contribution in [0.25, 0.3) is 11.1 Å². The molecule has 0 saturated carbocycles. The quantitative estimate of drug-likeness (QED) is 0.573. The number of pyridine rings is 1. The van der Waals surface area contributed by atoms with Gasteiger partial charge in [-0.05, 0) is 60.4 Å². The number of ether oxygens (including phenoxy) is 1. The Morgan fingerprint density at radius 1 is 1.09 bits per heavy atom. The van der Waals surface area contributed by atoms with Gasteiger partial charge < -0.3 is 15.0 Å². The van der Waals surface area contributed by atoms with E-state index in [4.69, 9.17) is 4.74 Å². The standard InChI is InChI=1S/C23H24F3N5O/c1-15-9-18(11-19(10-15)29-22-28-7-4-20(30-22)23(24,25)26)17-3-6-27-21(12-17)31-8-5-16(13-31)14-32-2/h3-4,6-7,9-12,16H,5,8,13-14H2,1-2H3,(H,28,29,30). The monoisotopic (exact) mass is 443 g/mol. The molecule has 6 nitrogen and oxygen atoms in total. The van der Waals surface area contributed by atoms with Gasteiger partial charge in [-0.1, -0.05) is 6.07 Å². The largest absolute Gasteiger partial charge is 0.433 e. The molecule has 1 N–H and O–H groups in total. The molecule has 1 fully saturated rings. The molecule has 0 aliphatic carbocycles. The third-order valence-corrected chi connectivity index (χ3v) is 5.37. The van der Waals surface area contributed by atoms with E-state index in [0.717, 1.165) is 60.9 Å². The van der Waals surface area contributed by atoms with Crippen LogP contribution in [0.15, 0.2) is 48.8 Å². The molecule has 1 aliphatic rings. The number of nitrogens with one attached hydrogen (secondary N) is 1. The second-order valence-electron chi connectivity index (χ2n) is 7.93. The summed E-state index contributed by atoms with van der Waals surface area (Å²) in [5.74, 6) is 1.29. The highest BCUT2D eigenvalue weighted by molar-refractivity contribution is 5.72. The van der Waals surface area contributed by atoms with E-state index in [-0.39, 0.29) is 5.95 Å². The van der Waals surface area contributed by atoms with Crippen LogP contribution in [0.1, 0.15) is 17.7 Å². The number of hydrogen-bond acceptors (Lipinski definition) is 6. The first kappa shape index (κ1) is 22.0. The van der Waals surface area contributed by atoms with Gasteiger partial charge >= 0.3 is 6.18 Å². The van der Waals surface area contributed by atoms with Crippen LogP contribution in [0.2, 0.25) is 0 Å². The molecule has 0 bridgehead atoms. The van der Waals surface area contributed by atoms with Crippen LogP contribution in [0.5, 0.6) is 0 Å². The minimum absolute atomic E-state index is 0.104. The van der Waals surface area contributed by atoms with Crippen molar-refractivity contribution in [2.75, 3.05) is 37.0 Å². The number of aryl methyl sites for hydroxylation is 1. The Bertz CT molecular complexity index is 1090. The zero-order chi connectivity index (χ0) is 22.7. The van der Waals surface area contributed by atoms with Crippen molar-refractivity contribution in [1.82, 2.24) is 15.0 Å². The highest BCUT2D eigenvalue weighted by atomic mass is 19.4. The number of aromatic nitrogens is 3. The fraction of sp³-hybridized carbons (Fsp3) is 0.348. The molecule has 0 radical (unpaired) electrons. The maximum atomic E-state index is 13.0. The van der Waals surface area contributed by atoms with E-state index in [1.165, 1.54) is 0 Å². The summed E-state index contributed by atoms with van der Waals surface area (Å²) < 4.78 is 44.1. The zero-order valence-electron chi connectivity index (χ0n) is 17.9. The topological polar surface area (TPSA) is 63.2 Å². The van der Waals surface area contributed by atoms with Crippen LogP contribution >= 0.6 is 0 Å². The fourth-order valence-corrected chi connectivity index (χ4v) is 3.91. The molecule has 32 heavy (non-hydrogen) atoms. The van der Waals surface area contributed by atoms with Gasteiger partial charge in [0, 0.05) is 44.2 Å². The Kier molecular flexibility index (Phi) is 6.27. The van der Waals surface area contributed by atoms with E-state index < -0.39 is 11.9 Å². The molecular weight excluding hydrogens is 419 g/mol. The van der Waals surface area contributed by atoms with Crippen LogP contribution < -0.4 is 10.2 Å². The van der Waals surface area contributed by atoms with Crippen molar-refractivity contribution in [1.29, 1.82) is 0 Å². The molecule has 1 aromatic carbocycles. The molecule has 9 heteroatoms. The van der Waals surface area contributed by atoms with Gasteiger partial charge in [0.1, 0.15) is 11.5 Å². The summed E-state index contributed by atoms with van der Waals surface area (Å²) in [4.78, 5) is 14.3. The fourth-order valence-electron chi connectivity index (χ4n) is 3.91. The SMILES string of the molecule is COCC1CCN(c2cc(-c3cc(C)cc(Nc4nccc(C(F)(F)F)n4)c3)ccn2)C1. The zero-order valence-corrected chi connectivity index (χ0v) is 17.9. The van der Waals surface area contributed by atoms with Crippen molar-refractivity contribution in [3.05, 3.63) is 60.0 Å². The molecule has 168 valence electrons. The average Bonchev–Trinajstić information content (AvgIpc) is 3.22. The Labute approximate surface area is 184 Å². The summed E-state index contributed by atoms with van der Waals surface area (Å²) in [6, 6.07) is 10.5. The number of alkyl halides is 3. The minimum atomic E-state index is -4.53. The van der Waals surface area contributed by atoms with E-state index in [1.807, 2.05) is 37.3 Å². The molecule has 1 saturated heterocycles. The molecule has 3 aromatic rings. The minimum Gasteiger partial charge on any atom is -0.384 e. The van der Waals surface area contributed by atoms with Crippen LogP contribution in [0.3, 0.4) is 0 Å². The lowest BCUT2D eigenvalue weighted by atomic mass is 10.0. The number of nitrogens with zero attached hydrogens (tertiary/aromatic N) is 4. The summed E-state index contributed by atoms with van der Waals surface area (Å²) in [6.07, 6.45) is -0.589. The third-order valence-electron chi connectivity index (χ3n) is 5.37. The van der Waals surface area contributed by atoms with E-state index in [1.54, 1.807) is 13.3 Å². The Hall–Kier alpha value is -3.20. The summed E-state index contributed by atoms with van der Waals surface area (Å²) in [5, 5.41) is 2.89. The molecule has 4 rings (SSSR count). The first-order valence-electron chi connectivity index (χ1n) is 10.3. The van der Waals surface area contributed by atoms with Gasteiger partial charge in [-0.3, -0.25) is 0 Å². The van der Waals surface area contributed by atoms with Crippen molar-refractivity contribution in [3.63, 3.8) is 0 Å². The molecule has 3 heterocycles. The van der Waals surface area contributed by atoms with Crippen LogP contribution in [0, 0.1) is 12.8 Å². The Balaban J connectivity index is 1.57. The maximum absolute atomic E-state index is 13.0. The molecule has 1 atom stereocenters. The highest BCUT2D eigenvalue weighted by Gasteiger charge is 2.32. The van der Waals surface area contributed by atoms with E-state index >= 15 is 0 Å². The molecule has 0 spiro atoms. The molecule has 1 unspecified atom stereocenters. The van der Waals surface area contributed by atoms with Gasteiger partial charge in [-0.2, -0.15) is 13.2 Å². The smallest absolute Gasteiger partial charge is 0.384 e. The first-order chi connectivity index (χ1) is 15.3. The Morgan fingerprint density at radius 3 is 2.69 bits per heavy atom. The number of rotatable bonds is 6. The molecule has 2 aromatic heterocycles. The van der Waals surface area contributed by atoms with Gasteiger partial charge in [-0.15, -0.1) is 0 Å². The van der Waals surface area contributed by atoms with Crippen molar-refractivity contribution in [3.8, 4) is 11.1 Å². The molecule has 0 amide bonds. The number of hydrogen-bond donors (Lipinski definition) is 1. The first-order valence-corrected chi connectivity index (χ1v) is 10.3. The van der Waals surface area contributed by atoms with Crippen molar-refractivity contribution >= 4 is 17.5 Å². The lowest BCUT2D eigenvalue weighted by Gasteiger charge is -2.18. The highest BCUT2D eigenvalue weighted by Crippen LogP contribution is 2.31. The lowest BCUT2D eigenvalue weighted by Crippen LogP contribution is -2.21. The molecular formula is C23H24F3N5O. The van der Waals surface area contributed by atoms with E-state index in [0.29, 0.717) is 11.6 Å². The van der Waals surface area contributed by atoms with E-state index in [9.17, 15) is 13.2 Å². The number of methoxy groups -OCH3 is 1. The Morgan fingerprint density at radius 2 is 1.91 bits per heavy atom. The van der Waals surface area contributed by atoms with Crippen LogP contribution in [0.4, 0.5) is 30.6 Å². The summed E-state index contributed by atoms with van der Waals surface area (Å²) >= 11 is 0.